The Morgan fingerprint density at radius 1 is 1.14 bits per heavy atom. The second-order valence-electron chi connectivity index (χ2n) is 6.48. The molecule has 0 radical (unpaired) electrons. The molecular formula is C18H24N2O2. The van der Waals surface area contributed by atoms with Crippen LogP contribution in [0.5, 0.6) is 0 Å². The lowest BCUT2D eigenvalue weighted by atomic mass is 10.1. The molecule has 118 valence electrons. The van der Waals surface area contributed by atoms with E-state index in [1.165, 1.54) is 12.0 Å². The van der Waals surface area contributed by atoms with E-state index in [0.29, 0.717) is 5.92 Å². The SMILES string of the molecule is CC(NC(=O)C1CC1c1ccccc1)C(=O)N1CCCCC1. The average Bonchev–Trinajstić information content (AvgIpc) is 3.36. The summed E-state index contributed by atoms with van der Waals surface area (Å²) in [4.78, 5) is 26.5. The third-order valence-electron chi connectivity index (χ3n) is 4.75. The first-order valence-corrected chi connectivity index (χ1v) is 8.31. The number of carbonyl (C=O) groups is 2. The van der Waals surface area contributed by atoms with E-state index < -0.39 is 6.04 Å². The highest BCUT2D eigenvalue weighted by Crippen LogP contribution is 2.47. The molecule has 0 aromatic heterocycles. The van der Waals surface area contributed by atoms with Gasteiger partial charge in [0.2, 0.25) is 11.8 Å². The maximum Gasteiger partial charge on any atom is 0.244 e. The summed E-state index contributed by atoms with van der Waals surface area (Å²) in [5.74, 6) is 0.425. The number of benzene rings is 1. The molecule has 1 aliphatic heterocycles. The Labute approximate surface area is 131 Å². The molecular weight excluding hydrogens is 276 g/mol. The number of hydrogen-bond donors (Lipinski definition) is 1. The minimum atomic E-state index is -0.414. The van der Waals surface area contributed by atoms with Gasteiger partial charge in [-0.2, -0.15) is 0 Å². The van der Waals surface area contributed by atoms with Crippen LogP contribution in [0.2, 0.25) is 0 Å². The largest absolute Gasteiger partial charge is 0.344 e. The highest BCUT2D eigenvalue weighted by atomic mass is 16.2. The normalized spacial score (nSPS) is 25.4. The van der Waals surface area contributed by atoms with Gasteiger partial charge in [-0.1, -0.05) is 30.3 Å². The van der Waals surface area contributed by atoms with E-state index in [9.17, 15) is 9.59 Å². The molecule has 1 saturated carbocycles. The van der Waals surface area contributed by atoms with Gasteiger partial charge in [-0.25, -0.2) is 0 Å². The monoisotopic (exact) mass is 300 g/mol. The van der Waals surface area contributed by atoms with Crippen LogP contribution in [-0.4, -0.2) is 35.8 Å². The van der Waals surface area contributed by atoms with Crippen molar-refractivity contribution in [2.24, 2.45) is 5.92 Å². The molecule has 3 rings (SSSR count). The van der Waals surface area contributed by atoms with E-state index in [2.05, 4.69) is 17.4 Å². The van der Waals surface area contributed by atoms with Gasteiger partial charge in [0.05, 0.1) is 0 Å². The van der Waals surface area contributed by atoms with Crippen molar-refractivity contribution in [2.75, 3.05) is 13.1 Å². The van der Waals surface area contributed by atoms with Crippen molar-refractivity contribution in [1.29, 1.82) is 0 Å². The number of hydrogen-bond acceptors (Lipinski definition) is 2. The maximum absolute atomic E-state index is 12.3. The zero-order chi connectivity index (χ0) is 15.5. The maximum atomic E-state index is 12.3. The molecule has 3 atom stereocenters. The van der Waals surface area contributed by atoms with Crippen LogP contribution in [0.25, 0.3) is 0 Å². The third kappa shape index (κ3) is 3.32. The quantitative estimate of drug-likeness (QED) is 0.927. The molecule has 3 unspecified atom stereocenters. The molecule has 1 aromatic rings. The summed E-state index contributed by atoms with van der Waals surface area (Å²) in [6.45, 7) is 3.46. The smallest absolute Gasteiger partial charge is 0.244 e. The van der Waals surface area contributed by atoms with Gasteiger partial charge in [-0.3, -0.25) is 9.59 Å². The highest BCUT2D eigenvalue weighted by molar-refractivity contribution is 5.90. The third-order valence-corrected chi connectivity index (χ3v) is 4.75. The Hall–Kier alpha value is -1.84. The van der Waals surface area contributed by atoms with E-state index in [4.69, 9.17) is 0 Å². The molecule has 0 spiro atoms. The first-order valence-electron chi connectivity index (χ1n) is 8.31. The van der Waals surface area contributed by atoms with E-state index in [-0.39, 0.29) is 17.7 Å². The van der Waals surface area contributed by atoms with Gasteiger partial charge in [-0.05, 0) is 44.1 Å². The first-order chi connectivity index (χ1) is 10.7. The fourth-order valence-electron chi connectivity index (χ4n) is 3.32. The van der Waals surface area contributed by atoms with Crippen molar-refractivity contribution in [3.63, 3.8) is 0 Å². The Kier molecular flexibility index (Phi) is 4.46. The van der Waals surface area contributed by atoms with Gasteiger partial charge in [0.15, 0.2) is 0 Å². The Balaban J connectivity index is 1.51. The standard InChI is InChI=1S/C18H24N2O2/c1-13(18(22)20-10-6-3-7-11-20)19-17(21)16-12-15(16)14-8-4-2-5-9-14/h2,4-5,8-9,13,15-16H,3,6-7,10-12H2,1H3,(H,19,21). The fraction of sp³-hybridized carbons (Fsp3) is 0.556. The highest BCUT2D eigenvalue weighted by Gasteiger charge is 2.44. The zero-order valence-electron chi connectivity index (χ0n) is 13.1. The molecule has 1 aliphatic carbocycles. The number of carbonyl (C=O) groups excluding carboxylic acids is 2. The molecule has 4 nitrogen and oxygen atoms in total. The average molecular weight is 300 g/mol. The van der Waals surface area contributed by atoms with Crippen LogP contribution in [-0.2, 0) is 9.59 Å². The van der Waals surface area contributed by atoms with Crippen molar-refractivity contribution < 1.29 is 9.59 Å². The number of nitrogens with one attached hydrogen (secondary N) is 1. The predicted molar refractivity (Wildman–Crippen MR) is 85.3 cm³/mol. The number of amides is 2. The zero-order valence-corrected chi connectivity index (χ0v) is 13.1. The van der Waals surface area contributed by atoms with Gasteiger partial charge in [0.1, 0.15) is 6.04 Å². The topological polar surface area (TPSA) is 49.4 Å². The Morgan fingerprint density at radius 3 is 2.50 bits per heavy atom. The molecule has 1 saturated heterocycles. The van der Waals surface area contributed by atoms with Crippen LogP contribution in [0.1, 0.15) is 44.1 Å². The number of rotatable bonds is 4. The molecule has 1 heterocycles. The van der Waals surface area contributed by atoms with Gasteiger partial charge in [0.25, 0.3) is 0 Å². The minimum absolute atomic E-state index is 0.0201. The van der Waals surface area contributed by atoms with Crippen LogP contribution < -0.4 is 5.32 Å². The number of nitrogens with zero attached hydrogens (tertiary/aromatic N) is 1. The molecule has 2 fully saturated rings. The van der Waals surface area contributed by atoms with Crippen molar-refractivity contribution in [3.8, 4) is 0 Å². The summed E-state index contributed by atoms with van der Waals surface area (Å²) < 4.78 is 0. The molecule has 1 aromatic carbocycles. The molecule has 2 aliphatic rings. The van der Waals surface area contributed by atoms with Crippen molar-refractivity contribution >= 4 is 11.8 Å². The lowest BCUT2D eigenvalue weighted by Crippen LogP contribution is -2.48. The van der Waals surface area contributed by atoms with Crippen LogP contribution >= 0.6 is 0 Å². The summed E-state index contributed by atoms with van der Waals surface area (Å²) >= 11 is 0. The predicted octanol–water partition coefficient (Wildman–Crippen LogP) is 2.31. The van der Waals surface area contributed by atoms with Crippen molar-refractivity contribution in [2.45, 2.75) is 44.6 Å². The minimum Gasteiger partial charge on any atom is -0.344 e. The van der Waals surface area contributed by atoms with E-state index >= 15 is 0 Å². The van der Waals surface area contributed by atoms with Crippen molar-refractivity contribution in [1.82, 2.24) is 10.2 Å². The van der Waals surface area contributed by atoms with Crippen LogP contribution in [0.4, 0.5) is 0 Å². The van der Waals surface area contributed by atoms with Crippen LogP contribution in [0, 0.1) is 5.92 Å². The van der Waals surface area contributed by atoms with Crippen LogP contribution in [0.3, 0.4) is 0 Å². The number of piperidine rings is 1. The lowest BCUT2D eigenvalue weighted by molar-refractivity contribution is -0.137. The van der Waals surface area contributed by atoms with Crippen LogP contribution in [0.15, 0.2) is 30.3 Å². The van der Waals surface area contributed by atoms with Gasteiger partial charge >= 0.3 is 0 Å². The molecule has 1 N–H and O–H groups in total. The lowest BCUT2D eigenvalue weighted by Gasteiger charge is -2.29. The van der Waals surface area contributed by atoms with E-state index in [0.717, 1.165) is 32.4 Å². The Morgan fingerprint density at radius 2 is 1.82 bits per heavy atom. The second-order valence-corrected chi connectivity index (χ2v) is 6.48. The van der Waals surface area contributed by atoms with Gasteiger partial charge in [-0.15, -0.1) is 0 Å². The molecule has 0 bridgehead atoms. The number of likely N-dealkylation sites (tertiary alicyclic amines) is 1. The summed E-state index contributed by atoms with van der Waals surface area (Å²) in [5.41, 5.74) is 1.22. The Bertz CT molecular complexity index is 537. The molecule has 4 heteroatoms. The van der Waals surface area contributed by atoms with Gasteiger partial charge < -0.3 is 10.2 Å². The van der Waals surface area contributed by atoms with E-state index in [1.807, 2.05) is 23.1 Å². The summed E-state index contributed by atoms with van der Waals surface area (Å²) in [6.07, 6.45) is 4.24. The summed E-state index contributed by atoms with van der Waals surface area (Å²) in [7, 11) is 0. The van der Waals surface area contributed by atoms with Gasteiger partial charge in [0, 0.05) is 19.0 Å². The van der Waals surface area contributed by atoms with E-state index in [1.54, 1.807) is 6.92 Å². The summed E-state index contributed by atoms with van der Waals surface area (Å²) in [5, 5.41) is 2.91. The van der Waals surface area contributed by atoms with Crippen molar-refractivity contribution in [3.05, 3.63) is 35.9 Å². The fourth-order valence-corrected chi connectivity index (χ4v) is 3.32. The molecule has 22 heavy (non-hydrogen) atoms. The first kappa shape index (κ1) is 15.1. The second kappa shape index (κ2) is 6.51. The summed E-state index contributed by atoms with van der Waals surface area (Å²) in [6, 6.07) is 9.72. The molecule has 2 amide bonds.